The van der Waals surface area contributed by atoms with E-state index in [4.69, 9.17) is 14.9 Å². The first-order chi connectivity index (χ1) is 9.70. The summed E-state index contributed by atoms with van der Waals surface area (Å²) < 4.78 is 4.92. The lowest BCUT2D eigenvalue weighted by Gasteiger charge is -2.09. The highest BCUT2D eigenvalue weighted by Gasteiger charge is 2.09. The summed E-state index contributed by atoms with van der Waals surface area (Å²) in [4.78, 5) is 10.6. The van der Waals surface area contributed by atoms with Gasteiger partial charge >= 0.3 is 5.97 Å². The second-order valence-electron chi connectivity index (χ2n) is 5.12. The number of carboxylic acid groups (broad SMARTS) is 1. The Balaban J connectivity index is 3.50. The molecular formula is C16H30O4. The van der Waals surface area contributed by atoms with Crippen LogP contribution in [0.2, 0.25) is 0 Å². The predicted octanol–water partition coefficient (Wildman–Crippen LogP) is 3.88. The van der Waals surface area contributed by atoms with Crippen molar-refractivity contribution in [2.75, 3.05) is 6.79 Å². The van der Waals surface area contributed by atoms with E-state index in [-0.39, 0.29) is 6.42 Å². The van der Waals surface area contributed by atoms with Crippen LogP contribution >= 0.6 is 0 Å². The van der Waals surface area contributed by atoms with Crippen LogP contribution in [-0.2, 0) is 9.53 Å². The second kappa shape index (κ2) is 14.5. The molecule has 4 nitrogen and oxygen atoms in total. The molecule has 0 spiro atoms. The molecule has 0 bridgehead atoms. The van der Waals surface area contributed by atoms with Crippen LogP contribution in [0.25, 0.3) is 0 Å². The summed E-state index contributed by atoms with van der Waals surface area (Å²) in [6, 6.07) is 0. The van der Waals surface area contributed by atoms with Crippen LogP contribution in [0.4, 0.5) is 0 Å². The normalized spacial score (nSPS) is 12.9. The van der Waals surface area contributed by atoms with Gasteiger partial charge in [-0.05, 0) is 12.8 Å². The Kier molecular flexibility index (Phi) is 13.9. The Bertz CT molecular complexity index is 251. The molecule has 0 aliphatic heterocycles. The molecule has 0 aromatic rings. The van der Waals surface area contributed by atoms with Crippen LogP contribution in [0.15, 0.2) is 12.2 Å². The highest BCUT2D eigenvalue weighted by Crippen LogP contribution is 2.10. The number of aliphatic hydroxyl groups is 1. The van der Waals surface area contributed by atoms with E-state index in [9.17, 15) is 4.79 Å². The highest BCUT2D eigenvalue weighted by atomic mass is 16.6. The zero-order valence-electron chi connectivity index (χ0n) is 12.7. The molecule has 0 aliphatic carbocycles. The summed E-state index contributed by atoms with van der Waals surface area (Å²) in [5.74, 6) is -0.917. The quantitative estimate of drug-likeness (QED) is 0.289. The summed E-state index contributed by atoms with van der Waals surface area (Å²) in [5, 5.41) is 17.3. The Hall–Kier alpha value is -0.870. The van der Waals surface area contributed by atoms with Gasteiger partial charge in [0.2, 0.25) is 0 Å². The number of carboxylic acids is 1. The predicted molar refractivity (Wildman–Crippen MR) is 80.6 cm³/mol. The number of hydrogen-bond acceptors (Lipinski definition) is 3. The lowest BCUT2D eigenvalue weighted by atomic mass is 10.1. The number of hydrogen-bond donors (Lipinski definition) is 2. The molecular weight excluding hydrogens is 256 g/mol. The lowest BCUT2D eigenvalue weighted by Crippen LogP contribution is -2.15. The van der Waals surface area contributed by atoms with Gasteiger partial charge in [-0.25, -0.2) is 0 Å². The van der Waals surface area contributed by atoms with Crippen molar-refractivity contribution in [3.05, 3.63) is 12.2 Å². The minimum Gasteiger partial charge on any atom is -0.481 e. The summed E-state index contributed by atoms with van der Waals surface area (Å²) in [6.45, 7) is 1.78. The van der Waals surface area contributed by atoms with Crippen LogP contribution in [0.1, 0.15) is 71.1 Å². The van der Waals surface area contributed by atoms with Crippen LogP contribution in [0, 0.1) is 0 Å². The van der Waals surface area contributed by atoms with Crippen molar-refractivity contribution in [2.45, 2.75) is 77.2 Å². The molecule has 0 saturated carbocycles. The number of aliphatic carboxylic acids is 1. The largest absolute Gasteiger partial charge is 0.481 e. The van der Waals surface area contributed by atoms with Crippen molar-refractivity contribution in [2.24, 2.45) is 0 Å². The molecule has 1 atom stereocenters. The fraction of sp³-hybridized carbons (Fsp3) is 0.812. The number of allylic oxidation sites excluding steroid dienone is 1. The van der Waals surface area contributed by atoms with Gasteiger partial charge in [0.1, 0.15) is 6.79 Å². The topological polar surface area (TPSA) is 66.8 Å². The van der Waals surface area contributed by atoms with Gasteiger partial charge in [0.15, 0.2) is 0 Å². The third kappa shape index (κ3) is 13.6. The molecule has 0 heterocycles. The van der Waals surface area contributed by atoms with Crippen molar-refractivity contribution in [3.63, 3.8) is 0 Å². The average Bonchev–Trinajstić information content (AvgIpc) is 2.40. The summed E-state index contributed by atoms with van der Waals surface area (Å²) >= 11 is 0. The minimum absolute atomic E-state index is 0.103. The monoisotopic (exact) mass is 286 g/mol. The number of ether oxygens (including phenoxy) is 1. The average molecular weight is 286 g/mol. The van der Waals surface area contributed by atoms with Crippen molar-refractivity contribution < 1.29 is 19.7 Å². The van der Waals surface area contributed by atoms with Gasteiger partial charge in [0, 0.05) is 0 Å². The van der Waals surface area contributed by atoms with Crippen molar-refractivity contribution in [1.82, 2.24) is 0 Å². The summed E-state index contributed by atoms with van der Waals surface area (Å²) in [7, 11) is 0. The van der Waals surface area contributed by atoms with Gasteiger partial charge in [0.25, 0.3) is 0 Å². The maximum atomic E-state index is 10.6. The van der Waals surface area contributed by atoms with Crippen LogP contribution in [0.5, 0.6) is 0 Å². The third-order valence-electron chi connectivity index (χ3n) is 3.24. The summed E-state index contributed by atoms with van der Waals surface area (Å²) in [6.07, 6.45) is 14.3. The van der Waals surface area contributed by atoms with Crippen molar-refractivity contribution in [1.29, 1.82) is 0 Å². The van der Waals surface area contributed by atoms with E-state index in [2.05, 4.69) is 6.92 Å². The molecule has 20 heavy (non-hydrogen) atoms. The van der Waals surface area contributed by atoms with Gasteiger partial charge in [-0.15, -0.1) is 0 Å². The number of carbonyl (C=O) groups is 1. The first-order valence-corrected chi connectivity index (χ1v) is 7.81. The van der Waals surface area contributed by atoms with Crippen LogP contribution in [0.3, 0.4) is 0 Å². The molecule has 0 fully saturated rings. The number of aliphatic hydroxyl groups excluding tert-OH is 1. The number of unbranched alkanes of at least 4 members (excludes halogenated alkanes) is 8. The SMILES string of the molecule is CCCCCCCCCCC=CC(CC(=O)O)OCO. The van der Waals surface area contributed by atoms with Gasteiger partial charge in [-0.1, -0.05) is 64.0 Å². The van der Waals surface area contributed by atoms with Crippen molar-refractivity contribution >= 4 is 5.97 Å². The molecule has 0 aliphatic rings. The maximum absolute atomic E-state index is 10.6. The van der Waals surface area contributed by atoms with E-state index in [1.165, 1.54) is 44.9 Å². The first kappa shape index (κ1) is 19.1. The van der Waals surface area contributed by atoms with Crippen molar-refractivity contribution in [3.8, 4) is 0 Å². The maximum Gasteiger partial charge on any atom is 0.306 e. The molecule has 0 amide bonds. The molecule has 4 heteroatoms. The van der Waals surface area contributed by atoms with Gasteiger partial charge in [-0.2, -0.15) is 0 Å². The minimum atomic E-state index is -0.917. The van der Waals surface area contributed by atoms with Crippen LogP contribution < -0.4 is 0 Å². The van der Waals surface area contributed by atoms with E-state index in [0.29, 0.717) is 0 Å². The van der Waals surface area contributed by atoms with E-state index in [0.717, 1.165) is 12.8 Å². The third-order valence-corrected chi connectivity index (χ3v) is 3.24. The van der Waals surface area contributed by atoms with Gasteiger partial charge in [-0.3, -0.25) is 4.79 Å². The van der Waals surface area contributed by atoms with Crippen LogP contribution in [-0.4, -0.2) is 29.1 Å². The number of rotatable bonds is 14. The zero-order valence-corrected chi connectivity index (χ0v) is 12.7. The fourth-order valence-corrected chi connectivity index (χ4v) is 2.09. The Labute approximate surface area is 122 Å². The molecule has 1 unspecified atom stereocenters. The molecule has 0 radical (unpaired) electrons. The molecule has 0 aromatic carbocycles. The highest BCUT2D eigenvalue weighted by molar-refractivity contribution is 5.67. The van der Waals surface area contributed by atoms with E-state index in [1.807, 2.05) is 6.08 Å². The Morgan fingerprint density at radius 3 is 2.25 bits per heavy atom. The first-order valence-electron chi connectivity index (χ1n) is 7.81. The second-order valence-corrected chi connectivity index (χ2v) is 5.12. The van der Waals surface area contributed by atoms with E-state index < -0.39 is 18.9 Å². The molecule has 0 aromatic heterocycles. The smallest absolute Gasteiger partial charge is 0.306 e. The van der Waals surface area contributed by atoms with E-state index in [1.54, 1.807) is 6.08 Å². The lowest BCUT2D eigenvalue weighted by molar-refractivity contribution is -0.140. The summed E-state index contributed by atoms with van der Waals surface area (Å²) in [5.41, 5.74) is 0. The van der Waals surface area contributed by atoms with Gasteiger partial charge in [0.05, 0.1) is 12.5 Å². The fourth-order valence-electron chi connectivity index (χ4n) is 2.09. The molecule has 0 rings (SSSR count). The molecule has 118 valence electrons. The molecule has 0 saturated heterocycles. The standard InChI is InChI=1S/C16H30O4/c1-2-3-4-5-6-7-8-9-10-11-12-15(20-14-17)13-16(18)19/h11-12,15,17H,2-10,13-14H2,1H3,(H,18,19). The zero-order chi connectivity index (χ0) is 15.1. The molecule has 2 N–H and O–H groups in total. The van der Waals surface area contributed by atoms with Gasteiger partial charge < -0.3 is 14.9 Å². The Morgan fingerprint density at radius 2 is 1.70 bits per heavy atom. The van der Waals surface area contributed by atoms with E-state index >= 15 is 0 Å². The Morgan fingerprint density at radius 1 is 1.10 bits per heavy atom.